The van der Waals surface area contributed by atoms with Gasteiger partial charge in [0.2, 0.25) is 0 Å². The highest BCUT2D eigenvalue weighted by Gasteiger charge is 2.08. The quantitative estimate of drug-likeness (QED) is 0.522. The number of hydrogen-bond acceptors (Lipinski definition) is 4. The molecule has 0 saturated heterocycles. The van der Waals surface area contributed by atoms with E-state index < -0.39 is 0 Å². The van der Waals surface area contributed by atoms with Gasteiger partial charge in [0.15, 0.2) is 0 Å². The third-order valence-electron chi connectivity index (χ3n) is 1.79. The fraction of sp³-hybridized carbons (Fsp3) is 0.200. The molecule has 1 aromatic carbocycles. The van der Waals surface area contributed by atoms with E-state index in [1.807, 2.05) is 24.3 Å². The Morgan fingerprint density at radius 3 is 2.40 bits per heavy atom. The van der Waals surface area contributed by atoms with Crippen LogP contribution in [0.15, 0.2) is 39.0 Å². The first-order valence-corrected chi connectivity index (χ1v) is 5.04. The zero-order valence-corrected chi connectivity index (χ0v) is 10.0. The third kappa shape index (κ3) is 3.06. The standard InChI is InChI=1S/C10H11BrN2O2/c1-7(12-14)10(13-15-2)8-3-5-9(11)6-4-8/h3-6,14H,1-2H3. The lowest BCUT2D eigenvalue weighted by atomic mass is 10.1. The average Bonchev–Trinajstić information content (AvgIpc) is 2.26. The van der Waals surface area contributed by atoms with E-state index in [0.29, 0.717) is 11.4 Å². The molecule has 0 aliphatic carbocycles. The van der Waals surface area contributed by atoms with Crippen LogP contribution in [0.5, 0.6) is 0 Å². The number of rotatable bonds is 3. The van der Waals surface area contributed by atoms with Crippen LogP contribution in [0.4, 0.5) is 0 Å². The summed E-state index contributed by atoms with van der Waals surface area (Å²) in [6, 6.07) is 7.48. The van der Waals surface area contributed by atoms with Gasteiger partial charge in [0.1, 0.15) is 18.5 Å². The van der Waals surface area contributed by atoms with Crippen LogP contribution < -0.4 is 0 Å². The minimum absolute atomic E-state index is 0.402. The Hall–Kier alpha value is -1.36. The number of oxime groups is 2. The number of nitrogens with zero attached hydrogens (tertiary/aromatic N) is 2. The molecule has 0 fully saturated rings. The van der Waals surface area contributed by atoms with E-state index in [2.05, 4.69) is 26.2 Å². The molecule has 1 aromatic rings. The van der Waals surface area contributed by atoms with Crippen molar-refractivity contribution in [2.75, 3.05) is 7.11 Å². The van der Waals surface area contributed by atoms with E-state index in [1.54, 1.807) is 6.92 Å². The fourth-order valence-corrected chi connectivity index (χ4v) is 1.34. The van der Waals surface area contributed by atoms with Crippen LogP contribution in [-0.2, 0) is 4.84 Å². The summed E-state index contributed by atoms with van der Waals surface area (Å²) in [6.07, 6.45) is 0. The van der Waals surface area contributed by atoms with Gasteiger partial charge in [-0.05, 0) is 19.1 Å². The van der Waals surface area contributed by atoms with Crippen molar-refractivity contribution in [1.82, 2.24) is 0 Å². The topological polar surface area (TPSA) is 54.2 Å². The summed E-state index contributed by atoms with van der Waals surface area (Å²) in [4.78, 5) is 4.70. The molecule has 0 amide bonds. The lowest BCUT2D eigenvalue weighted by molar-refractivity contribution is 0.214. The molecule has 1 N–H and O–H groups in total. The van der Waals surface area contributed by atoms with E-state index in [0.717, 1.165) is 10.0 Å². The van der Waals surface area contributed by atoms with Gasteiger partial charge < -0.3 is 10.0 Å². The second-order valence-electron chi connectivity index (χ2n) is 2.81. The van der Waals surface area contributed by atoms with Crippen molar-refractivity contribution in [3.05, 3.63) is 34.3 Å². The molecule has 0 aromatic heterocycles. The van der Waals surface area contributed by atoms with Gasteiger partial charge in [0, 0.05) is 10.0 Å². The number of benzene rings is 1. The zero-order chi connectivity index (χ0) is 11.3. The first-order valence-electron chi connectivity index (χ1n) is 4.25. The van der Waals surface area contributed by atoms with E-state index in [-0.39, 0.29) is 0 Å². The zero-order valence-electron chi connectivity index (χ0n) is 8.44. The highest BCUT2D eigenvalue weighted by molar-refractivity contribution is 9.10. The first-order chi connectivity index (χ1) is 7.19. The molecule has 0 aliphatic heterocycles. The van der Waals surface area contributed by atoms with Crippen LogP contribution in [0.1, 0.15) is 12.5 Å². The molecular formula is C10H11BrN2O2. The van der Waals surface area contributed by atoms with Gasteiger partial charge in [-0.25, -0.2) is 0 Å². The van der Waals surface area contributed by atoms with Gasteiger partial charge in [-0.15, -0.1) is 0 Å². The average molecular weight is 271 g/mol. The van der Waals surface area contributed by atoms with Crippen molar-refractivity contribution in [2.24, 2.45) is 10.3 Å². The highest BCUT2D eigenvalue weighted by atomic mass is 79.9. The summed E-state index contributed by atoms with van der Waals surface area (Å²) < 4.78 is 0.974. The van der Waals surface area contributed by atoms with Crippen LogP contribution in [0.25, 0.3) is 0 Å². The summed E-state index contributed by atoms with van der Waals surface area (Å²) in [5.41, 5.74) is 1.74. The van der Waals surface area contributed by atoms with Crippen molar-refractivity contribution >= 4 is 27.4 Å². The van der Waals surface area contributed by atoms with E-state index in [1.165, 1.54) is 7.11 Å². The maximum absolute atomic E-state index is 8.69. The molecule has 15 heavy (non-hydrogen) atoms. The van der Waals surface area contributed by atoms with E-state index in [4.69, 9.17) is 10.0 Å². The molecule has 0 unspecified atom stereocenters. The summed E-state index contributed by atoms with van der Waals surface area (Å²) in [6.45, 7) is 1.65. The number of hydrogen-bond donors (Lipinski definition) is 1. The third-order valence-corrected chi connectivity index (χ3v) is 2.32. The molecule has 1 rings (SSSR count). The SMILES string of the molecule is CON=C(C(C)=NO)c1ccc(Br)cc1. The summed E-state index contributed by atoms with van der Waals surface area (Å²) in [5, 5.41) is 15.6. The normalized spacial score (nSPS) is 12.7. The highest BCUT2D eigenvalue weighted by Crippen LogP contribution is 2.12. The molecule has 0 bridgehead atoms. The molecule has 0 saturated carbocycles. The van der Waals surface area contributed by atoms with Crippen molar-refractivity contribution in [3.8, 4) is 0 Å². The molecule has 0 aliphatic rings. The molecule has 80 valence electrons. The maximum atomic E-state index is 8.69. The van der Waals surface area contributed by atoms with Crippen molar-refractivity contribution < 1.29 is 10.0 Å². The number of halogens is 1. The lowest BCUT2D eigenvalue weighted by Gasteiger charge is -2.03. The lowest BCUT2D eigenvalue weighted by Crippen LogP contribution is -2.12. The summed E-state index contributed by atoms with van der Waals surface area (Å²) in [5.74, 6) is 0. The Balaban J connectivity index is 3.11. The second-order valence-corrected chi connectivity index (χ2v) is 3.73. The summed E-state index contributed by atoms with van der Waals surface area (Å²) >= 11 is 3.34. The van der Waals surface area contributed by atoms with E-state index in [9.17, 15) is 0 Å². The Bertz CT molecular complexity index is 385. The van der Waals surface area contributed by atoms with Crippen molar-refractivity contribution in [3.63, 3.8) is 0 Å². The van der Waals surface area contributed by atoms with Gasteiger partial charge in [-0.3, -0.25) is 0 Å². The predicted octanol–water partition coefficient (Wildman–Crippen LogP) is 2.65. The Labute approximate surface area is 96.4 Å². The van der Waals surface area contributed by atoms with Gasteiger partial charge in [0.05, 0.1) is 0 Å². The Morgan fingerprint density at radius 1 is 1.33 bits per heavy atom. The smallest absolute Gasteiger partial charge is 0.134 e. The minimum atomic E-state index is 0.402. The second kappa shape index (κ2) is 5.50. The molecule has 0 heterocycles. The Morgan fingerprint density at radius 2 is 1.93 bits per heavy atom. The molecule has 4 nitrogen and oxygen atoms in total. The monoisotopic (exact) mass is 270 g/mol. The van der Waals surface area contributed by atoms with Gasteiger partial charge in [-0.1, -0.05) is 38.4 Å². The largest absolute Gasteiger partial charge is 0.411 e. The van der Waals surface area contributed by atoms with Gasteiger partial charge in [-0.2, -0.15) is 0 Å². The van der Waals surface area contributed by atoms with Crippen LogP contribution >= 0.6 is 15.9 Å². The van der Waals surface area contributed by atoms with Crippen molar-refractivity contribution in [2.45, 2.75) is 6.92 Å². The van der Waals surface area contributed by atoms with Crippen LogP contribution in [-0.4, -0.2) is 23.7 Å². The van der Waals surface area contributed by atoms with Gasteiger partial charge in [0.25, 0.3) is 0 Å². The molecule has 0 radical (unpaired) electrons. The minimum Gasteiger partial charge on any atom is -0.411 e. The molecule has 0 spiro atoms. The predicted molar refractivity (Wildman–Crippen MR) is 62.6 cm³/mol. The fourth-order valence-electron chi connectivity index (χ4n) is 1.07. The molecule has 5 heteroatoms. The summed E-state index contributed by atoms with van der Waals surface area (Å²) in [7, 11) is 1.45. The van der Waals surface area contributed by atoms with Crippen LogP contribution in [0.3, 0.4) is 0 Å². The van der Waals surface area contributed by atoms with Gasteiger partial charge >= 0.3 is 0 Å². The molecular weight excluding hydrogens is 260 g/mol. The van der Waals surface area contributed by atoms with Crippen molar-refractivity contribution in [1.29, 1.82) is 0 Å². The first kappa shape index (κ1) is 11.7. The Kier molecular flexibility index (Phi) is 4.30. The maximum Gasteiger partial charge on any atom is 0.134 e. The molecule has 0 atom stereocenters. The van der Waals surface area contributed by atoms with E-state index >= 15 is 0 Å². The van der Waals surface area contributed by atoms with Crippen LogP contribution in [0.2, 0.25) is 0 Å². The van der Waals surface area contributed by atoms with Crippen LogP contribution in [0, 0.1) is 0 Å².